The summed E-state index contributed by atoms with van der Waals surface area (Å²) < 4.78 is 26.5. The number of thiazole rings is 1. The molecule has 0 aliphatic carbocycles. The van der Waals surface area contributed by atoms with Crippen LogP contribution in [0.4, 0.5) is 5.13 Å². The summed E-state index contributed by atoms with van der Waals surface area (Å²) in [7, 11) is -3.66. The first kappa shape index (κ1) is 22.5. The zero-order valence-corrected chi connectivity index (χ0v) is 19.8. The lowest BCUT2D eigenvalue weighted by Gasteiger charge is -2.20. The third-order valence-electron chi connectivity index (χ3n) is 5.02. The lowest BCUT2D eigenvalue weighted by atomic mass is 10.2. The van der Waals surface area contributed by atoms with E-state index in [1.807, 2.05) is 49.4 Å². The second kappa shape index (κ2) is 9.40. The average Bonchev–Trinajstić information content (AvgIpc) is 3.20. The number of nitrogens with zero attached hydrogens (tertiary/aromatic N) is 2. The summed E-state index contributed by atoms with van der Waals surface area (Å²) in [5, 5.41) is 1.05. The van der Waals surface area contributed by atoms with Gasteiger partial charge in [-0.1, -0.05) is 83.6 Å². The number of hydrogen-bond acceptors (Lipinski definition) is 5. The van der Waals surface area contributed by atoms with E-state index in [0.29, 0.717) is 15.7 Å². The topological polar surface area (TPSA) is 67.3 Å². The van der Waals surface area contributed by atoms with Gasteiger partial charge in [0.15, 0.2) is 15.0 Å². The number of aryl methyl sites for hydroxylation is 1. The number of fused-ring (bicyclic) bond motifs is 1. The second-order valence-corrected chi connectivity index (χ2v) is 11.0. The van der Waals surface area contributed by atoms with Crippen LogP contribution in [0.3, 0.4) is 0 Å². The summed E-state index contributed by atoms with van der Waals surface area (Å²) in [5.74, 6) is -1.29. The van der Waals surface area contributed by atoms with E-state index in [2.05, 4.69) is 4.98 Å². The molecule has 32 heavy (non-hydrogen) atoms. The van der Waals surface area contributed by atoms with Crippen molar-refractivity contribution in [1.82, 2.24) is 4.98 Å². The van der Waals surface area contributed by atoms with E-state index in [1.54, 1.807) is 30.3 Å². The first-order valence-corrected chi connectivity index (χ1v) is 13.0. The molecular weight excluding hydrogens is 464 g/mol. The molecular formula is C24H21ClN2O3S2. The highest BCUT2D eigenvalue weighted by molar-refractivity contribution is 7.91. The van der Waals surface area contributed by atoms with Crippen LogP contribution in [0, 0.1) is 6.92 Å². The summed E-state index contributed by atoms with van der Waals surface area (Å²) in [5.41, 5.74) is 3.08. The molecule has 0 unspecified atom stereocenters. The molecule has 0 N–H and O–H groups in total. The van der Waals surface area contributed by atoms with Crippen molar-refractivity contribution in [2.24, 2.45) is 0 Å². The molecule has 1 heterocycles. The van der Waals surface area contributed by atoms with Crippen molar-refractivity contribution in [3.05, 3.63) is 94.5 Å². The highest BCUT2D eigenvalue weighted by Gasteiger charge is 2.26. The maximum absolute atomic E-state index is 13.3. The maximum atomic E-state index is 13.3. The molecule has 8 heteroatoms. The van der Waals surface area contributed by atoms with Gasteiger partial charge in [0.05, 0.1) is 22.5 Å². The number of hydrogen-bond donors (Lipinski definition) is 0. The summed E-state index contributed by atoms with van der Waals surface area (Å²) in [6.07, 6.45) is 0. The first-order valence-electron chi connectivity index (χ1n) is 9.97. The Balaban J connectivity index is 1.66. The van der Waals surface area contributed by atoms with Gasteiger partial charge in [0.25, 0.3) is 0 Å². The van der Waals surface area contributed by atoms with Crippen molar-refractivity contribution in [3.63, 3.8) is 0 Å². The Hall–Kier alpha value is -2.74. The van der Waals surface area contributed by atoms with Crippen LogP contribution in [0.5, 0.6) is 0 Å². The molecule has 0 spiro atoms. The lowest BCUT2D eigenvalue weighted by Crippen LogP contribution is -2.35. The molecule has 4 aromatic rings. The Kier molecular flexibility index (Phi) is 6.60. The van der Waals surface area contributed by atoms with E-state index < -0.39 is 21.5 Å². The number of anilines is 1. The molecule has 0 aliphatic rings. The molecule has 0 bridgehead atoms. The van der Waals surface area contributed by atoms with Gasteiger partial charge in [-0.3, -0.25) is 9.69 Å². The Bertz CT molecular complexity index is 1350. The van der Waals surface area contributed by atoms with Crippen molar-refractivity contribution in [2.45, 2.75) is 19.2 Å². The zero-order chi connectivity index (χ0) is 22.7. The minimum Gasteiger partial charge on any atom is -0.283 e. The average molecular weight is 485 g/mol. The number of carbonyl (C=O) groups is 1. The summed E-state index contributed by atoms with van der Waals surface area (Å²) in [6, 6.07) is 22.0. The predicted octanol–water partition coefficient (Wildman–Crippen LogP) is 5.41. The van der Waals surface area contributed by atoms with Crippen LogP contribution in [-0.2, 0) is 26.9 Å². The van der Waals surface area contributed by atoms with Gasteiger partial charge in [-0.2, -0.15) is 0 Å². The normalized spacial score (nSPS) is 11.6. The molecule has 0 fully saturated rings. The first-order chi connectivity index (χ1) is 15.3. The maximum Gasteiger partial charge on any atom is 0.244 e. The fraction of sp³-hybridized carbons (Fsp3) is 0.167. The molecule has 0 saturated carbocycles. The minimum absolute atomic E-state index is 0.187. The highest BCUT2D eigenvalue weighted by atomic mass is 35.5. The fourth-order valence-corrected chi connectivity index (χ4v) is 5.91. The molecule has 0 radical (unpaired) electrons. The number of carbonyl (C=O) groups excluding carboxylic acids is 1. The molecule has 1 aromatic heterocycles. The van der Waals surface area contributed by atoms with Gasteiger partial charge in [-0.25, -0.2) is 13.4 Å². The fourth-order valence-electron chi connectivity index (χ4n) is 3.38. The standard InChI is InChI=1S/C24H21ClN2O3S2/c1-17-20(25)12-13-21-23(17)26-24(31-21)27(14-18-8-4-2-5-9-18)22(28)16-32(29,30)15-19-10-6-3-7-11-19/h2-13H,14-16H2,1H3. The third kappa shape index (κ3) is 5.18. The zero-order valence-electron chi connectivity index (χ0n) is 17.4. The Labute approximate surface area is 196 Å². The predicted molar refractivity (Wildman–Crippen MR) is 131 cm³/mol. The quantitative estimate of drug-likeness (QED) is 0.352. The minimum atomic E-state index is -3.66. The van der Waals surface area contributed by atoms with Gasteiger partial charge < -0.3 is 0 Å². The van der Waals surface area contributed by atoms with Gasteiger partial charge in [0.2, 0.25) is 5.91 Å². The van der Waals surface area contributed by atoms with Crippen LogP contribution in [-0.4, -0.2) is 25.1 Å². The Morgan fingerprint density at radius 3 is 2.25 bits per heavy atom. The van der Waals surface area contributed by atoms with Gasteiger partial charge in [-0.05, 0) is 35.7 Å². The molecule has 1 amide bonds. The van der Waals surface area contributed by atoms with E-state index in [9.17, 15) is 13.2 Å². The summed E-state index contributed by atoms with van der Waals surface area (Å²) in [6.45, 7) is 2.11. The summed E-state index contributed by atoms with van der Waals surface area (Å²) in [4.78, 5) is 19.4. The van der Waals surface area contributed by atoms with E-state index in [1.165, 1.54) is 16.2 Å². The molecule has 0 aliphatic heterocycles. The second-order valence-electron chi connectivity index (χ2n) is 7.50. The third-order valence-corrected chi connectivity index (χ3v) is 7.94. The number of sulfone groups is 1. The van der Waals surface area contributed by atoms with Crippen LogP contribution in [0.25, 0.3) is 10.2 Å². The van der Waals surface area contributed by atoms with Crippen LogP contribution in [0.2, 0.25) is 5.02 Å². The van der Waals surface area contributed by atoms with Gasteiger partial charge in [0.1, 0.15) is 5.75 Å². The molecule has 0 atom stereocenters. The smallest absolute Gasteiger partial charge is 0.244 e. The van der Waals surface area contributed by atoms with E-state index in [0.717, 1.165) is 21.3 Å². The number of rotatable bonds is 7. The molecule has 3 aromatic carbocycles. The molecule has 5 nitrogen and oxygen atoms in total. The number of benzene rings is 3. The molecule has 4 rings (SSSR count). The monoisotopic (exact) mass is 484 g/mol. The van der Waals surface area contributed by atoms with Crippen LogP contribution >= 0.6 is 22.9 Å². The van der Waals surface area contributed by atoms with Gasteiger partial charge in [0, 0.05) is 5.02 Å². The van der Waals surface area contributed by atoms with Crippen molar-refractivity contribution in [1.29, 1.82) is 0 Å². The largest absolute Gasteiger partial charge is 0.283 e. The number of aromatic nitrogens is 1. The number of halogens is 1. The number of amides is 1. The molecule has 164 valence electrons. The Morgan fingerprint density at radius 2 is 1.59 bits per heavy atom. The van der Waals surface area contributed by atoms with Crippen molar-refractivity contribution in [2.75, 3.05) is 10.7 Å². The van der Waals surface area contributed by atoms with Crippen molar-refractivity contribution < 1.29 is 13.2 Å². The van der Waals surface area contributed by atoms with Gasteiger partial charge in [-0.15, -0.1) is 0 Å². The summed E-state index contributed by atoms with van der Waals surface area (Å²) >= 11 is 7.58. The van der Waals surface area contributed by atoms with Crippen molar-refractivity contribution >= 4 is 54.0 Å². The van der Waals surface area contributed by atoms with Crippen LogP contribution in [0.1, 0.15) is 16.7 Å². The lowest BCUT2D eigenvalue weighted by molar-refractivity contribution is -0.116. The van der Waals surface area contributed by atoms with E-state index in [-0.39, 0.29) is 12.3 Å². The Morgan fingerprint density at radius 1 is 0.969 bits per heavy atom. The van der Waals surface area contributed by atoms with Crippen molar-refractivity contribution in [3.8, 4) is 0 Å². The highest BCUT2D eigenvalue weighted by Crippen LogP contribution is 2.34. The van der Waals surface area contributed by atoms with Crippen LogP contribution in [0.15, 0.2) is 72.8 Å². The van der Waals surface area contributed by atoms with Crippen LogP contribution < -0.4 is 4.90 Å². The van der Waals surface area contributed by atoms with E-state index in [4.69, 9.17) is 11.6 Å². The molecule has 0 saturated heterocycles. The van der Waals surface area contributed by atoms with E-state index >= 15 is 0 Å². The van der Waals surface area contributed by atoms with Gasteiger partial charge >= 0.3 is 0 Å². The SMILES string of the molecule is Cc1c(Cl)ccc2sc(N(Cc3ccccc3)C(=O)CS(=O)(=O)Cc3ccccc3)nc12.